The summed E-state index contributed by atoms with van der Waals surface area (Å²) in [6.07, 6.45) is 0.0639. The van der Waals surface area contributed by atoms with Gasteiger partial charge in [-0.25, -0.2) is 8.42 Å². The highest BCUT2D eigenvalue weighted by Crippen LogP contribution is 2.33. The number of carbonyl (C=O) groups is 1. The summed E-state index contributed by atoms with van der Waals surface area (Å²) in [6.45, 7) is 6.88. The fourth-order valence-electron chi connectivity index (χ4n) is 3.12. The second-order valence-corrected chi connectivity index (χ2v) is 8.05. The number of ether oxygens (including phenoxy) is 1. The molecule has 0 radical (unpaired) electrons. The summed E-state index contributed by atoms with van der Waals surface area (Å²) in [4.78, 5) is 14.5. The van der Waals surface area contributed by atoms with Crippen molar-refractivity contribution in [1.82, 2.24) is 4.90 Å². The Morgan fingerprint density at radius 2 is 1.87 bits per heavy atom. The van der Waals surface area contributed by atoms with Gasteiger partial charge in [0, 0.05) is 19.7 Å². The van der Waals surface area contributed by atoms with Crippen molar-refractivity contribution in [2.45, 2.75) is 43.8 Å². The van der Waals surface area contributed by atoms with Gasteiger partial charge in [-0.3, -0.25) is 4.79 Å². The van der Waals surface area contributed by atoms with Gasteiger partial charge in [-0.1, -0.05) is 30.3 Å². The molecule has 2 rings (SSSR count). The maximum absolute atomic E-state index is 13.2. The molecule has 0 aliphatic carbocycles. The van der Waals surface area contributed by atoms with E-state index >= 15 is 0 Å². The van der Waals surface area contributed by atoms with E-state index in [1.54, 1.807) is 36.1 Å². The van der Waals surface area contributed by atoms with Crippen molar-refractivity contribution in [3.05, 3.63) is 35.9 Å². The Balaban J connectivity index is 2.47. The van der Waals surface area contributed by atoms with E-state index < -0.39 is 20.3 Å². The first-order valence-electron chi connectivity index (χ1n) is 8.11. The Bertz CT molecular complexity index is 625. The van der Waals surface area contributed by atoms with Crippen LogP contribution < -0.4 is 0 Å². The Hall–Kier alpha value is -1.40. The molecule has 128 valence electrons. The summed E-state index contributed by atoms with van der Waals surface area (Å²) in [5.74, 6) is -0.347. The van der Waals surface area contributed by atoms with Crippen LogP contribution in [0.3, 0.4) is 0 Å². The lowest BCUT2D eigenvalue weighted by Crippen LogP contribution is -2.42. The van der Waals surface area contributed by atoms with Crippen molar-refractivity contribution in [3.63, 3.8) is 0 Å². The van der Waals surface area contributed by atoms with Gasteiger partial charge in [0.1, 0.15) is 0 Å². The van der Waals surface area contributed by atoms with Gasteiger partial charge >= 0.3 is 0 Å². The third-order valence-electron chi connectivity index (χ3n) is 4.46. The number of carbonyl (C=O) groups excluding carboxylic acids is 1. The molecule has 23 heavy (non-hydrogen) atoms. The molecular weight excluding hydrogens is 314 g/mol. The van der Waals surface area contributed by atoms with E-state index in [9.17, 15) is 13.2 Å². The van der Waals surface area contributed by atoms with Gasteiger partial charge in [0.15, 0.2) is 15.1 Å². The molecule has 0 N–H and O–H groups in total. The van der Waals surface area contributed by atoms with Gasteiger partial charge in [-0.05, 0) is 32.8 Å². The minimum absolute atomic E-state index is 0.347. The smallest absolute Gasteiger partial charge is 0.245 e. The maximum Gasteiger partial charge on any atom is 0.245 e. The molecule has 3 atom stereocenters. The van der Waals surface area contributed by atoms with Crippen LogP contribution in [0.2, 0.25) is 0 Å². The Kier molecular flexibility index (Phi) is 5.81. The molecule has 1 aromatic rings. The van der Waals surface area contributed by atoms with Crippen molar-refractivity contribution in [3.8, 4) is 0 Å². The zero-order valence-corrected chi connectivity index (χ0v) is 14.8. The van der Waals surface area contributed by atoms with Gasteiger partial charge in [0.2, 0.25) is 5.91 Å². The third-order valence-corrected chi connectivity index (χ3v) is 7.05. The van der Waals surface area contributed by atoms with Crippen LogP contribution >= 0.6 is 0 Å². The second kappa shape index (κ2) is 7.45. The van der Waals surface area contributed by atoms with E-state index in [2.05, 4.69) is 0 Å². The summed E-state index contributed by atoms with van der Waals surface area (Å²) in [6, 6.07) is 8.77. The highest BCUT2D eigenvalue weighted by atomic mass is 32.2. The maximum atomic E-state index is 13.2. The van der Waals surface area contributed by atoms with Crippen molar-refractivity contribution in [1.29, 1.82) is 0 Å². The second-order valence-electron chi connectivity index (χ2n) is 5.79. The van der Waals surface area contributed by atoms with Gasteiger partial charge in [0.25, 0.3) is 0 Å². The van der Waals surface area contributed by atoms with Crippen LogP contribution in [0.15, 0.2) is 30.3 Å². The van der Waals surface area contributed by atoms with E-state index in [0.29, 0.717) is 31.7 Å². The van der Waals surface area contributed by atoms with E-state index in [-0.39, 0.29) is 12.0 Å². The highest BCUT2D eigenvalue weighted by Gasteiger charge is 2.45. The number of nitrogens with zero attached hydrogens (tertiary/aromatic N) is 1. The first kappa shape index (κ1) is 17.9. The monoisotopic (exact) mass is 339 g/mol. The van der Waals surface area contributed by atoms with Crippen molar-refractivity contribution < 1.29 is 17.9 Å². The molecule has 1 amide bonds. The molecule has 0 aromatic heterocycles. The lowest BCUT2D eigenvalue weighted by atomic mass is 10.1. The average molecular weight is 339 g/mol. The largest absolute Gasteiger partial charge is 0.377 e. The molecule has 1 aliphatic rings. The molecule has 0 unspecified atom stereocenters. The number of sulfone groups is 1. The van der Waals surface area contributed by atoms with Crippen LogP contribution in [-0.4, -0.2) is 50.3 Å². The lowest BCUT2D eigenvalue weighted by molar-refractivity contribution is -0.130. The van der Waals surface area contributed by atoms with Gasteiger partial charge in [-0.2, -0.15) is 0 Å². The lowest BCUT2D eigenvalue weighted by Gasteiger charge is -2.28. The first-order valence-corrected chi connectivity index (χ1v) is 9.72. The van der Waals surface area contributed by atoms with Crippen LogP contribution in [-0.2, 0) is 19.4 Å². The van der Waals surface area contributed by atoms with Crippen molar-refractivity contribution >= 4 is 15.7 Å². The number of hydrogen-bond acceptors (Lipinski definition) is 4. The van der Waals surface area contributed by atoms with Gasteiger partial charge in [-0.15, -0.1) is 0 Å². The van der Waals surface area contributed by atoms with Crippen LogP contribution in [0.25, 0.3) is 0 Å². The summed E-state index contributed by atoms with van der Waals surface area (Å²) in [5.41, 5.74) is 0.531. The van der Waals surface area contributed by atoms with E-state index in [1.165, 1.54) is 0 Å². The van der Waals surface area contributed by atoms with E-state index in [4.69, 9.17) is 4.74 Å². The molecule has 1 heterocycles. The van der Waals surface area contributed by atoms with Gasteiger partial charge < -0.3 is 9.64 Å². The molecule has 0 bridgehead atoms. The summed E-state index contributed by atoms with van der Waals surface area (Å²) in [7, 11) is -3.68. The molecule has 0 saturated carbocycles. The molecule has 1 aliphatic heterocycles. The molecule has 0 spiro atoms. The van der Waals surface area contributed by atoms with Gasteiger partial charge in [0.05, 0.1) is 11.4 Å². The van der Waals surface area contributed by atoms with Crippen LogP contribution in [0, 0.1) is 0 Å². The number of likely N-dealkylation sites (N-methyl/N-ethyl adjacent to an activating group) is 1. The summed E-state index contributed by atoms with van der Waals surface area (Å²) >= 11 is 0. The predicted octanol–water partition coefficient (Wildman–Crippen LogP) is 2.19. The number of amides is 1. The minimum atomic E-state index is -3.68. The van der Waals surface area contributed by atoms with E-state index in [1.807, 2.05) is 19.9 Å². The molecular formula is C17H25NO4S. The normalized spacial score (nSPS) is 22.7. The van der Waals surface area contributed by atoms with Crippen LogP contribution in [0.5, 0.6) is 0 Å². The predicted molar refractivity (Wildman–Crippen MR) is 89.8 cm³/mol. The fraction of sp³-hybridized carbons (Fsp3) is 0.588. The quantitative estimate of drug-likeness (QED) is 0.797. The molecule has 5 nitrogen and oxygen atoms in total. The number of benzene rings is 1. The number of rotatable bonds is 6. The van der Waals surface area contributed by atoms with E-state index in [0.717, 1.165) is 0 Å². The Labute approximate surface area is 138 Å². The van der Waals surface area contributed by atoms with Crippen LogP contribution in [0.1, 0.15) is 38.0 Å². The zero-order valence-electron chi connectivity index (χ0n) is 13.9. The SMILES string of the molecule is CCN(CC)C(=O)[C@H](c1ccccc1)S(=O)(=O)[C@@H]1CCO[C@@H]1C. The molecule has 1 aromatic carbocycles. The average Bonchev–Trinajstić information content (AvgIpc) is 2.96. The van der Waals surface area contributed by atoms with Crippen molar-refractivity contribution in [2.24, 2.45) is 0 Å². The third kappa shape index (κ3) is 3.58. The molecule has 1 saturated heterocycles. The Morgan fingerprint density at radius 3 is 2.35 bits per heavy atom. The standard InChI is InChI=1S/C17H25NO4S/c1-4-18(5-2)17(19)16(14-9-7-6-8-10-14)23(20,21)15-11-12-22-13(15)3/h6-10,13,15-16H,4-5,11-12H2,1-3H3/t13-,15-,16+/m1/s1. The molecule has 1 fully saturated rings. The topological polar surface area (TPSA) is 63.7 Å². The fourth-order valence-corrected chi connectivity index (χ4v) is 5.47. The first-order chi connectivity index (χ1) is 10.9. The molecule has 6 heteroatoms. The highest BCUT2D eigenvalue weighted by molar-refractivity contribution is 7.93. The zero-order chi connectivity index (χ0) is 17.0. The Morgan fingerprint density at radius 1 is 1.26 bits per heavy atom. The minimum Gasteiger partial charge on any atom is -0.377 e. The number of hydrogen-bond donors (Lipinski definition) is 0. The summed E-state index contributed by atoms with van der Waals surface area (Å²) < 4.78 is 31.8. The summed E-state index contributed by atoms with van der Waals surface area (Å²) in [5, 5.41) is -1.79. The van der Waals surface area contributed by atoms with Crippen LogP contribution in [0.4, 0.5) is 0 Å². The van der Waals surface area contributed by atoms with Crippen molar-refractivity contribution in [2.75, 3.05) is 19.7 Å².